The van der Waals surface area contributed by atoms with Crippen molar-refractivity contribution >= 4 is 5.78 Å². The van der Waals surface area contributed by atoms with E-state index in [9.17, 15) is 9.90 Å². The minimum Gasteiger partial charge on any atom is -0.507 e. The number of carbonyl (C=O) groups is 1. The zero-order chi connectivity index (χ0) is 11.4. The molecule has 1 rings (SSSR count). The van der Waals surface area contributed by atoms with Crippen LogP contribution in [0.1, 0.15) is 29.8 Å². The number of benzene rings is 1. The maximum atomic E-state index is 11.6. The van der Waals surface area contributed by atoms with E-state index in [-0.39, 0.29) is 17.5 Å². The molecule has 3 heteroatoms. The van der Waals surface area contributed by atoms with Crippen LogP contribution < -0.4 is 0 Å². The van der Waals surface area contributed by atoms with Crippen LogP contribution in [0.3, 0.4) is 0 Å². The van der Waals surface area contributed by atoms with Crippen molar-refractivity contribution in [1.82, 2.24) is 0 Å². The minimum atomic E-state index is -0.107. The second kappa shape index (κ2) is 4.94. The number of rotatable bonds is 4. The van der Waals surface area contributed by atoms with Crippen molar-refractivity contribution in [3.63, 3.8) is 0 Å². The normalized spacial score (nSPS) is 10.7. The van der Waals surface area contributed by atoms with Gasteiger partial charge in [0.25, 0.3) is 0 Å². The SMILES string of the molecule is COCc1ccc(C(=O)C(C)C)c(O)c1. The van der Waals surface area contributed by atoms with E-state index in [1.165, 1.54) is 0 Å². The molecule has 0 fully saturated rings. The molecule has 0 spiro atoms. The lowest BCUT2D eigenvalue weighted by atomic mass is 9.99. The monoisotopic (exact) mass is 208 g/mol. The van der Waals surface area contributed by atoms with Gasteiger partial charge in [0.05, 0.1) is 12.2 Å². The van der Waals surface area contributed by atoms with Gasteiger partial charge in [-0.1, -0.05) is 19.9 Å². The van der Waals surface area contributed by atoms with E-state index >= 15 is 0 Å². The van der Waals surface area contributed by atoms with Gasteiger partial charge in [0.2, 0.25) is 0 Å². The van der Waals surface area contributed by atoms with Crippen molar-refractivity contribution in [2.75, 3.05) is 7.11 Å². The fourth-order valence-electron chi connectivity index (χ4n) is 1.35. The van der Waals surface area contributed by atoms with Crippen LogP contribution in [0.2, 0.25) is 0 Å². The molecular formula is C12H16O3. The van der Waals surface area contributed by atoms with Crippen molar-refractivity contribution in [1.29, 1.82) is 0 Å². The smallest absolute Gasteiger partial charge is 0.169 e. The largest absolute Gasteiger partial charge is 0.507 e. The molecule has 0 aliphatic heterocycles. The molecule has 0 amide bonds. The number of Topliss-reactive ketones (excluding diaryl/α,β-unsaturated/α-hetero) is 1. The number of aromatic hydroxyl groups is 1. The summed E-state index contributed by atoms with van der Waals surface area (Å²) in [5.74, 6) is -0.121. The van der Waals surface area contributed by atoms with Gasteiger partial charge in [0.15, 0.2) is 5.78 Å². The summed E-state index contributed by atoms with van der Waals surface area (Å²) in [5.41, 5.74) is 1.24. The van der Waals surface area contributed by atoms with Crippen LogP contribution in [0.25, 0.3) is 0 Å². The highest BCUT2D eigenvalue weighted by Crippen LogP contribution is 2.22. The van der Waals surface area contributed by atoms with Gasteiger partial charge in [-0.15, -0.1) is 0 Å². The van der Waals surface area contributed by atoms with Crippen LogP contribution in [0.15, 0.2) is 18.2 Å². The van der Waals surface area contributed by atoms with Crippen molar-refractivity contribution < 1.29 is 14.6 Å². The predicted molar refractivity (Wildman–Crippen MR) is 58.0 cm³/mol. The molecule has 0 saturated heterocycles. The Bertz CT molecular complexity index is 356. The fraction of sp³-hybridized carbons (Fsp3) is 0.417. The third kappa shape index (κ3) is 2.80. The number of carbonyl (C=O) groups excluding carboxylic acids is 1. The number of hydrogen-bond acceptors (Lipinski definition) is 3. The Morgan fingerprint density at radius 2 is 2.13 bits per heavy atom. The summed E-state index contributed by atoms with van der Waals surface area (Å²) < 4.78 is 4.93. The van der Waals surface area contributed by atoms with Gasteiger partial charge in [-0.05, 0) is 17.7 Å². The Hall–Kier alpha value is -1.35. The molecule has 82 valence electrons. The van der Waals surface area contributed by atoms with Gasteiger partial charge >= 0.3 is 0 Å². The molecule has 0 aliphatic carbocycles. The second-order valence-corrected chi connectivity index (χ2v) is 3.80. The summed E-state index contributed by atoms with van der Waals surface area (Å²) in [6.45, 7) is 4.05. The third-order valence-corrected chi connectivity index (χ3v) is 2.16. The fourth-order valence-corrected chi connectivity index (χ4v) is 1.35. The van der Waals surface area contributed by atoms with Gasteiger partial charge in [-0.25, -0.2) is 0 Å². The highest BCUT2D eigenvalue weighted by Gasteiger charge is 2.14. The molecule has 0 unspecified atom stereocenters. The lowest BCUT2D eigenvalue weighted by molar-refractivity contribution is 0.0936. The van der Waals surface area contributed by atoms with Crippen LogP contribution in [0, 0.1) is 5.92 Å². The van der Waals surface area contributed by atoms with Gasteiger partial charge < -0.3 is 9.84 Å². The highest BCUT2D eigenvalue weighted by atomic mass is 16.5. The molecular weight excluding hydrogens is 192 g/mol. The molecule has 0 aromatic heterocycles. The molecule has 0 radical (unpaired) electrons. The Labute approximate surface area is 89.7 Å². The van der Waals surface area contributed by atoms with Crippen molar-refractivity contribution in [2.45, 2.75) is 20.5 Å². The van der Waals surface area contributed by atoms with Gasteiger partial charge in [0.1, 0.15) is 5.75 Å². The first-order valence-electron chi connectivity index (χ1n) is 4.91. The topological polar surface area (TPSA) is 46.5 Å². The highest BCUT2D eigenvalue weighted by molar-refractivity contribution is 5.99. The first-order chi connectivity index (χ1) is 7.06. The summed E-state index contributed by atoms with van der Waals surface area (Å²) >= 11 is 0. The van der Waals surface area contributed by atoms with E-state index in [0.717, 1.165) is 5.56 Å². The Morgan fingerprint density at radius 1 is 1.47 bits per heavy atom. The molecule has 1 aromatic rings. The molecule has 1 N–H and O–H groups in total. The maximum Gasteiger partial charge on any atom is 0.169 e. The number of phenols is 1. The number of hydrogen-bond donors (Lipinski definition) is 1. The summed E-state index contributed by atoms with van der Waals surface area (Å²) in [4.78, 5) is 11.6. The zero-order valence-corrected chi connectivity index (χ0v) is 9.28. The lowest BCUT2D eigenvalue weighted by Gasteiger charge is -2.08. The van der Waals surface area contributed by atoms with E-state index in [4.69, 9.17) is 4.74 Å². The standard InChI is InChI=1S/C12H16O3/c1-8(2)12(14)10-5-4-9(7-15-3)6-11(10)13/h4-6,8,13H,7H2,1-3H3. The van der Waals surface area contributed by atoms with Crippen molar-refractivity contribution in [3.05, 3.63) is 29.3 Å². The number of phenolic OH excluding ortho intramolecular Hbond substituents is 1. The summed E-state index contributed by atoms with van der Waals surface area (Å²) in [7, 11) is 1.59. The van der Waals surface area contributed by atoms with Crippen molar-refractivity contribution in [2.24, 2.45) is 5.92 Å². The van der Waals surface area contributed by atoms with Crippen LogP contribution in [-0.4, -0.2) is 18.0 Å². The van der Waals surface area contributed by atoms with E-state index in [0.29, 0.717) is 12.2 Å². The quantitative estimate of drug-likeness (QED) is 0.773. The predicted octanol–water partition coefficient (Wildman–Crippen LogP) is 2.38. The molecule has 0 bridgehead atoms. The summed E-state index contributed by atoms with van der Waals surface area (Å²) in [6.07, 6.45) is 0. The van der Waals surface area contributed by atoms with E-state index < -0.39 is 0 Å². The number of ether oxygens (including phenoxy) is 1. The Balaban J connectivity index is 2.97. The summed E-state index contributed by atoms with van der Waals surface area (Å²) in [5, 5.41) is 9.66. The van der Waals surface area contributed by atoms with Gasteiger partial charge in [-0.3, -0.25) is 4.79 Å². The van der Waals surface area contributed by atoms with Crippen LogP contribution in [0.4, 0.5) is 0 Å². The van der Waals surface area contributed by atoms with Gasteiger partial charge in [0, 0.05) is 13.0 Å². The Morgan fingerprint density at radius 3 is 2.60 bits per heavy atom. The number of ketones is 1. The van der Waals surface area contributed by atoms with E-state index in [2.05, 4.69) is 0 Å². The average molecular weight is 208 g/mol. The van der Waals surface area contributed by atoms with Crippen molar-refractivity contribution in [3.8, 4) is 5.75 Å². The molecule has 3 nitrogen and oxygen atoms in total. The first-order valence-corrected chi connectivity index (χ1v) is 4.91. The average Bonchev–Trinajstić information content (AvgIpc) is 2.17. The third-order valence-electron chi connectivity index (χ3n) is 2.16. The molecule has 0 heterocycles. The van der Waals surface area contributed by atoms with Gasteiger partial charge in [-0.2, -0.15) is 0 Å². The molecule has 15 heavy (non-hydrogen) atoms. The van der Waals surface area contributed by atoms with Crippen LogP contribution in [0.5, 0.6) is 5.75 Å². The molecule has 0 saturated carbocycles. The molecule has 0 atom stereocenters. The molecule has 1 aromatic carbocycles. The van der Waals surface area contributed by atoms with Crippen LogP contribution in [-0.2, 0) is 11.3 Å². The van der Waals surface area contributed by atoms with E-state index in [1.54, 1.807) is 25.3 Å². The van der Waals surface area contributed by atoms with Crippen LogP contribution >= 0.6 is 0 Å². The number of methoxy groups -OCH3 is 1. The first kappa shape index (κ1) is 11.7. The van der Waals surface area contributed by atoms with E-state index in [1.807, 2.05) is 13.8 Å². The lowest BCUT2D eigenvalue weighted by Crippen LogP contribution is -2.07. The maximum absolute atomic E-state index is 11.6. The molecule has 0 aliphatic rings. The summed E-state index contributed by atoms with van der Waals surface area (Å²) in [6, 6.07) is 5.00. The minimum absolute atomic E-state index is 0.0308. The Kier molecular flexibility index (Phi) is 3.86. The second-order valence-electron chi connectivity index (χ2n) is 3.80. The zero-order valence-electron chi connectivity index (χ0n) is 9.28.